The van der Waals surface area contributed by atoms with Crippen LogP contribution in [0.1, 0.15) is 18.5 Å². The van der Waals surface area contributed by atoms with Crippen molar-refractivity contribution in [2.45, 2.75) is 13.0 Å². The molecule has 1 unspecified atom stereocenters. The molecule has 0 aromatic heterocycles. The molecule has 1 aromatic rings. The van der Waals surface area contributed by atoms with Crippen LogP contribution < -0.4 is 25.4 Å². The molecular formula is C20H29N5O3. The van der Waals surface area contributed by atoms with Gasteiger partial charge in [-0.05, 0) is 24.6 Å². The largest absolute Gasteiger partial charge is 0.493 e. The first-order valence-corrected chi connectivity index (χ1v) is 9.38. The predicted octanol–water partition coefficient (Wildman–Crippen LogP) is 0.783. The molecule has 1 aliphatic rings. The van der Waals surface area contributed by atoms with Gasteiger partial charge in [0, 0.05) is 51.5 Å². The Labute approximate surface area is 166 Å². The van der Waals surface area contributed by atoms with Crippen molar-refractivity contribution < 1.29 is 14.3 Å². The Morgan fingerprint density at radius 1 is 1.32 bits per heavy atom. The number of nitriles is 1. The van der Waals surface area contributed by atoms with Gasteiger partial charge in [-0.1, -0.05) is 6.07 Å². The molecule has 8 heteroatoms. The fourth-order valence-electron chi connectivity index (χ4n) is 2.93. The van der Waals surface area contributed by atoms with Crippen molar-refractivity contribution in [2.75, 3.05) is 53.5 Å². The fourth-order valence-corrected chi connectivity index (χ4v) is 2.93. The van der Waals surface area contributed by atoms with Gasteiger partial charge in [0.05, 0.1) is 14.2 Å². The van der Waals surface area contributed by atoms with Gasteiger partial charge in [0.25, 0.3) is 5.91 Å². The summed E-state index contributed by atoms with van der Waals surface area (Å²) in [6.45, 7) is 7.12. The van der Waals surface area contributed by atoms with Crippen molar-refractivity contribution >= 4 is 5.91 Å². The molecule has 152 valence electrons. The van der Waals surface area contributed by atoms with Crippen molar-refractivity contribution in [1.82, 2.24) is 20.9 Å². The topological polar surface area (TPSA) is 98.6 Å². The molecule has 0 radical (unpaired) electrons. The molecular weight excluding hydrogens is 358 g/mol. The lowest BCUT2D eigenvalue weighted by Gasteiger charge is -2.27. The van der Waals surface area contributed by atoms with Gasteiger partial charge in [-0.15, -0.1) is 0 Å². The standard InChI is InChI=1S/C20H29N5O3/c1-15(16-4-5-18(27-2)19(12-16)28-3)24-14-17(13-21)20(26)23-8-11-25-9-6-22-7-10-25/h4-5,12,14-15,22,24H,6-11H2,1-3H3,(H,23,26)/b17-14-. The van der Waals surface area contributed by atoms with E-state index in [1.165, 1.54) is 6.20 Å². The quantitative estimate of drug-likeness (QED) is 0.425. The van der Waals surface area contributed by atoms with Gasteiger partial charge < -0.3 is 25.4 Å². The molecule has 1 saturated heterocycles. The second-order valence-corrected chi connectivity index (χ2v) is 6.52. The molecule has 0 aliphatic carbocycles. The van der Waals surface area contributed by atoms with Crippen molar-refractivity contribution in [3.8, 4) is 17.6 Å². The van der Waals surface area contributed by atoms with E-state index in [1.807, 2.05) is 31.2 Å². The van der Waals surface area contributed by atoms with Gasteiger partial charge in [0.1, 0.15) is 11.6 Å². The number of benzene rings is 1. The molecule has 1 atom stereocenters. The van der Waals surface area contributed by atoms with E-state index in [1.54, 1.807) is 14.2 Å². The minimum atomic E-state index is -0.371. The summed E-state index contributed by atoms with van der Waals surface area (Å²) >= 11 is 0. The minimum absolute atomic E-state index is 0.0487. The lowest BCUT2D eigenvalue weighted by molar-refractivity contribution is -0.117. The smallest absolute Gasteiger partial charge is 0.263 e. The van der Waals surface area contributed by atoms with E-state index < -0.39 is 0 Å². The van der Waals surface area contributed by atoms with Gasteiger partial charge in [-0.25, -0.2) is 0 Å². The van der Waals surface area contributed by atoms with Crippen molar-refractivity contribution in [3.05, 3.63) is 35.5 Å². The van der Waals surface area contributed by atoms with Gasteiger partial charge >= 0.3 is 0 Å². The lowest BCUT2D eigenvalue weighted by Crippen LogP contribution is -2.46. The SMILES string of the molecule is COc1ccc(C(C)N/C=C(/C#N)C(=O)NCCN2CCNCC2)cc1OC. The number of ether oxygens (including phenoxy) is 2. The number of carbonyl (C=O) groups excluding carboxylic acids is 1. The Balaban J connectivity index is 1.88. The number of piperazine rings is 1. The first-order valence-electron chi connectivity index (χ1n) is 9.38. The van der Waals surface area contributed by atoms with Gasteiger partial charge in [-0.3, -0.25) is 9.69 Å². The Hall–Kier alpha value is -2.76. The van der Waals surface area contributed by atoms with Crippen LogP contribution in [-0.2, 0) is 4.79 Å². The van der Waals surface area contributed by atoms with Crippen molar-refractivity contribution in [2.24, 2.45) is 0 Å². The third-order valence-corrected chi connectivity index (χ3v) is 4.67. The predicted molar refractivity (Wildman–Crippen MR) is 107 cm³/mol. The molecule has 28 heavy (non-hydrogen) atoms. The van der Waals surface area contributed by atoms with Crippen molar-refractivity contribution in [1.29, 1.82) is 5.26 Å². The number of rotatable bonds is 9. The summed E-state index contributed by atoms with van der Waals surface area (Å²) in [4.78, 5) is 14.5. The van der Waals surface area contributed by atoms with E-state index in [4.69, 9.17) is 9.47 Å². The van der Waals surface area contributed by atoms with E-state index in [0.29, 0.717) is 18.0 Å². The summed E-state index contributed by atoms with van der Waals surface area (Å²) in [7, 11) is 3.17. The Kier molecular flexibility index (Phi) is 8.59. The second-order valence-electron chi connectivity index (χ2n) is 6.52. The number of hydrogen-bond acceptors (Lipinski definition) is 7. The fraction of sp³-hybridized carbons (Fsp3) is 0.500. The number of hydrogen-bond donors (Lipinski definition) is 3. The average molecular weight is 387 g/mol. The first kappa shape index (κ1) is 21.5. The molecule has 0 bridgehead atoms. The maximum atomic E-state index is 12.2. The Morgan fingerprint density at radius 3 is 2.68 bits per heavy atom. The Bertz CT molecular complexity index is 723. The molecule has 0 spiro atoms. The molecule has 1 heterocycles. The van der Waals surface area contributed by atoms with E-state index in [0.717, 1.165) is 38.3 Å². The minimum Gasteiger partial charge on any atom is -0.493 e. The third kappa shape index (κ3) is 6.15. The molecule has 1 fully saturated rings. The van der Waals surface area contributed by atoms with E-state index in [2.05, 4.69) is 20.9 Å². The number of carbonyl (C=O) groups is 1. The average Bonchev–Trinajstić information content (AvgIpc) is 2.74. The van der Waals surface area contributed by atoms with Gasteiger partial charge in [0.15, 0.2) is 11.5 Å². The zero-order chi connectivity index (χ0) is 20.4. The van der Waals surface area contributed by atoms with E-state index in [-0.39, 0.29) is 17.5 Å². The summed E-state index contributed by atoms with van der Waals surface area (Å²) in [5, 5.41) is 18.5. The molecule has 3 N–H and O–H groups in total. The number of amides is 1. The highest BCUT2D eigenvalue weighted by atomic mass is 16.5. The number of methoxy groups -OCH3 is 2. The maximum Gasteiger partial charge on any atom is 0.263 e. The van der Waals surface area contributed by atoms with Crippen LogP contribution in [0.3, 0.4) is 0 Å². The highest BCUT2D eigenvalue weighted by molar-refractivity contribution is 5.97. The molecule has 1 amide bonds. The normalized spacial score (nSPS) is 16.0. The monoisotopic (exact) mass is 387 g/mol. The van der Waals surface area contributed by atoms with Crippen LogP contribution in [0.2, 0.25) is 0 Å². The van der Waals surface area contributed by atoms with Crippen LogP contribution in [-0.4, -0.2) is 64.3 Å². The summed E-state index contributed by atoms with van der Waals surface area (Å²) in [5.41, 5.74) is 0.998. The van der Waals surface area contributed by atoms with Crippen LogP contribution in [0.15, 0.2) is 30.0 Å². The van der Waals surface area contributed by atoms with Crippen LogP contribution in [0.25, 0.3) is 0 Å². The zero-order valence-corrected chi connectivity index (χ0v) is 16.7. The number of nitrogens with zero attached hydrogens (tertiary/aromatic N) is 2. The van der Waals surface area contributed by atoms with Crippen LogP contribution in [0.5, 0.6) is 11.5 Å². The van der Waals surface area contributed by atoms with Gasteiger partial charge in [-0.2, -0.15) is 5.26 Å². The first-order chi connectivity index (χ1) is 13.6. The third-order valence-electron chi connectivity index (χ3n) is 4.67. The molecule has 2 rings (SSSR count). The molecule has 1 aliphatic heterocycles. The summed E-state index contributed by atoms with van der Waals surface area (Å²) in [6, 6.07) is 7.44. The second kappa shape index (κ2) is 11.2. The van der Waals surface area contributed by atoms with E-state index in [9.17, 15) is 10.1 Å². The summed E-state index contributed by atoms with van der Waals surface area (Å²) in [6.07, 6.45) is 1.46. The lowest BCUT2D eigenvalue weighted by atomic mass is 10.1. The molecule has 1 aromatic carbocycles. The highest BCUT2D eigenvalue weighted by Crippen LogP contribution is 2.29. The van der Waals surface area contributed by atoms with Crippen LogP contribution in [0, 0.1) is 11.3 Å². The Morgan fingerprint density at radius 2 is 2.04 bits per heavy atom. The maximum absolute atomic E-state index is 12.2. The zero-order valence-electron chi connectivity index (χ0n) is 16.7. The molecule has 0 saturated carbocycles. The highest BCUT2D eigenvalue weighted by Gasteiger charge is 2.13. The van der Waals surface area contributed by atoms with Crippen molar-refractivity contribution in [3.63, 3.8) is 0 Å². The van der Waals surface area contributed by atoms with Gasteiger partial charge in [0.2, 0.25) is 0 Å². The molecule has 8 nitrogen and oxygen atoms in total. The summed E-state index contributed by atoms with van der Waals surface area (Å²) < 4.78 is 10.6. The summed E-state index contributed by atoms with van der Waals surface area (Å²) in [5.74, 6) is 0.906. The van der Waals surface area contributed by atoms with E-state index >= 15 is 0 Å². The number of nitrogens with one attached hydrogen (secondary N) is 3. The van der Waals surface area contributed by atoms with Crippen LogP contribution >= 0.6 is 0 Å². The van der Waals surface area contributed by atoms with Crippen LogP contribution in [0.4, 0.5) is 0 Å².